The molecule has 0 aliphatic carbocycles. The molecule has 1 aliphatic heterocycles. The lowest BCUT2D eigenvalue weighted by Crippen LogP contribution is -2.37. The van der Waals surface area contributed by atoms with E-state index in [0.717, 1.165) is 0 Å². The van der Waals surface area contributed by atoms with Crippen LogP contribution < -0.4 is 5.32 Å². The molecule has 0 spiro atoms. The highest BCUT2D eigenvalue weighted by atomic mass is 32.1. The van der Waals surface area contributed by atoms with Crippen LogP contribution >= 0.6 is 11.3 Å². The highest BCUT2D eigenvalue weighted by Crippen LogP contribution is 2.27. The lowest BCUT2D eigenvalue weighted by atomic mass is 10.1. The molecule has 1 aromatic carbocycles. The average molecular weight is 374 g/mol. The summed E-state index contributed by atoms with van der Waals surface area (Å²) in [6, 6.07) is 4.30. The van der Waals surface area contributed by atoms with Gasteiger partial charge in [0.05, 0.1) is 11.1 Å². The van der Waals surface area contributed by atoms with E-state index >= 15 is 0 Å². The summed E-state index contributed by atoms with van der Waals surface area (Å²) < 4.78 is 4.96. The second-order valence-corrected chi connectivity index (χ2v) is 6.95. The number of ether oxygens (including phenoxy) is 1. The predicted octanol–water partition coefficient (Wildman–Crippen LogP) is 2.33. The normalized spacial score (nSPS) is 14.5. The van der Waals surface area contributed by atoms with Crippen molar-refractivity contribution in [2.24, 2.45) is 0 Å². The fourth-order valence-electron chi connectivity index (χ4n) is 2.64. The first-order valence-corrected chi connectivity index (χ1v) is 8.92. The highest BCUT2D eigenvalue weighted by Gasteiger charge is 2.38. The Hall–Kier alpha value is -2.65. The lowest BCUT2D eigenvalue weighted by molar-refractivity contribution is 0.0593. The number of hydrogen-bond donors (Lipinski definition) is 1. The summed E-state index contributed by atoms with van der Waals surface area (Å²) in [6.07, 6.45) is 0.666. The number of benzene rings is 1. The number of carbonyl (C=O) groups excluding carboxylic acids is 3. The Kier molecular flexibility index (Phi) is 5.10. The Bertz CT molecular complexity index is 879. The quantitative estimate of drug-likeness (QED) is 0.779. The molecule has 2 heterocycles. The number of amides is 3. The summed E-state index contributed by atoms with van der Waals surface area (Å²) in [5.74, 6) is -1.11. The Balaban J connectivity index is 1.81. The van der Waals surface area contributed by atoms with Gasteiger partial charge in [0.15, 0.2) is 0 Å². The van der Waals surface area contributed by atoms with E-state index in [9.17, 15) is 14.4 Å². The highest BCUT2D eigenvalue weighted by molar-refractivity contribution is 7.15. The van der Waals surface area contributed by atoms with Gasteiger partial charge in [0.1, 0.15) is 11.6 Å². The van der Waals surface area contributed by atoms with E-state index < -0.39 is 5.91 Å². The van der Waals surface area contributed by atoms with Gasteiger partial charge in [0.25, 0.3) is 17.7 Å². The number of nitrogens with one attached hydrogen (secondary N) is 1. The summed E-state index contributed by atoms with van der Waals surface area (Å²) in [4.78, 5) is 38.6. The van der Waals surface area contributed by atoms with Gasteiger partial charge in [0, 0.05) is 18.7 Å². The van der Waals surface area contributed by atoms with Crippen molar-refractivity contribution in [3.8, 4) is 0 Å². The molecule has 0 fully saturated rings. The molecule has 26 heavy (non-hydrogen) atoms. The van der Waals surface area contributed by atoms with Crippen molar-refractivity contribution in [1.82, 2.24) is 15.1 Å². The van der Waals surface area contributed by atoms with Gasteiger partial charge < -0.3 is 4.74 Å². The summed E-state index contributed by atoms with van der Waals surface area (Å²) in [7, 11) is 1.55. The number of rotatable bonds is 6. The van der Waals surface area contributed by atoms with Crippen LogP contribution in [-0.4, -0.2) is 46.0 Å². The van der Waals surface area contributed by atoms with Gasteiger partial charge in [-0.3, -0.25) is 24.6 Å². The maximum Gasteiger partial charge on any atom is 0.261 e. The van der Waals surface area contributed by atoms with E-state index in [0.29, 0.717) is 28.7 Å². The molecular weight excluding hydrogens is 356 g/mol. The van der Waals surface area contributed by atoms with E-state index in [2.05, 4.69) is 15.5 Å². The van der Waals surface area contributed by atoms with Crippen molar-refractivity contribution < 1.29 is 19.1 Å². The first-order valence-electron chi connectivity index (χ1n) is 8.10. The molecule has 1 atom stereocenters. The minimum absolute atomic E-state index is 0.194. The van der Waals surface area contributed by atoms with Crippen molar-refractivity contribution in [3.05, 3.63) is 39.9 Å². The van der Waals surface area contributed by atoms with Gasteiger partial charge in [-0.05, 0) is 31.5 Å². The van der Waals surface area contributed by atoms with Crippen molar-refractivity contribution in [2.45, 2.75) is 32.9 Å². The average Bonchev–Trinajstić information content (AvgIpc) is 3.17. The second-order valence-electron chi connectivity index (χ2n) is 5.89. The summed E-state index contributed by atoms with van der Waals surface area (Å²) in [5, 5.41) is 11.4. The van der Waals surface area contributed by atoms with Crippen molar-refractivity contribution >= 4 is 34.2 Å². The Morgan fingerprint density at radius 2 is 2.00 bits per heavy atom. The molecule has 3 rings (SSSR count). The molecule has 0 radical (unpaired) electrons. The summed E-state index contributed by atoms with van der Waals surface area (Å²) in [5.41, 5.74) is 0.852. The van der Waals surface area contributed by atoms with Gasteiger partial charge in [0.2, 0.25) is 5.13 Å². The molecule has 136 valence electrons. The number of hydrogen-bond acceptors (Lipinski definition) is 7. The largest absolute Gasteiger partial charge is 0.377 e. The fourth-order valence-corrected chi connectivity index (χ4v) is 3.35. The van der Waals surface area contributed by atoms with Crippen LogP contribution in [0.1, 0.15) is 56.3 Å². The number of methoxy groups -OCH3 is 1. The van der Waals surface area contributed by atoms with Crippen molar-refractivity contribution in [1.29, 1.82) is 0 Å². The first-order chi connectivity index (χ1) is 12.5. The molecule has 1 N–H and O–H groups in total. The van der Waals surface area contributed by atoms with Gasteiger partial charge in [-0.2, -0.15) is 0 Å². The van der Waals surface area contributed by atoms with Crippen LogP contribution in [0.4, 0.5) is 5.13 Å². The lowest BCUT2D eigenvalue weighted by Gasteiger charge is -2.20. The monoisotopic (exact) mass is 374 g/mol. The van der Waals surface area contributed by atoms with Crippen LogP contribution in [0.2, 0.25) is 0 Å². The summed E-state index contributed by atoms with van der Waals surface area (Å²) >= 11 is 1.21. The number of anilines is 1. The van der Waals surface area contributed by atoms with Crippen LogP contribution in [-0.2, 0) is 11.3 Å². The van der Waals surface area contributed by atoms with Crippen molar-refractivity contribution in [3.63, 3.8) is 0 Å². The third-order valence-corrected chi connectivity index (χ3v) is 4.98. The predicted molar refractivity (Wildman–Crippen MR) is 95.3 cm³/mol. The molecule has 9 heteroatoms. The number of fused-ring (bicyclic) bond motifs is 1. The minimum atomic E-state index is -0.421. The first kappa shape index (κ1) is 18.2. The standard InChI is InChI=1S/C17H18N4O4S/c1-4-9(2)21-15(23)11-6-5-10(7-12(11)16(21)24)14(22)18-17-20-19-13(26-17)8-25-3/h5-7,9H,4,8H2,1-3H3,(H,18,20,22)/t9-/m1/s1. The number of imide groups is 1. The molecule has 2 aromatic rings. The van der Waals surface area contributed by atoms with Gasteiger partial charge >= 0.3 is 0 Å². The van der Waals surface area contributed by atoms with E-state index in [4.69, 9.17) is 4.74 Å². The molecule has 0 unspecified atom stereocenters. The third kappa shape index (κ3) is 3.23. The maximum absolute atomic E-state index is 12.6. The minimum Gasteiger partial charge on any atom is -0.377 e. The topological polar surface area (TPSA) is 101 Å². The molecule has 8 nitrogen and oxygen atoms in total. The SMILES string of the molecule is CC[C@@H](C)N1C(=O)c2ccc(C(=O)Nc3nnc(COC)s3)cc2C1=O. The molecule has 3 amide bonds. The number of nitrogens with zero attached hydrogens (tertiary/aromatic N) is 3. The van der Waals surface area contributed by atoms with Crippen LogP contribution in [0.15, 0.2) is 18.2 Å². The molecule has 1 aromatic heterocycles. The third-order valence-electron chi connectivity index (χ3n) is 4.17. The van der Waals surface area contributed by atoms with Gasteiger partial charge in [-0.1, -0.05) is 18.3 Å². The van der Waals surface area contributed by atoms with Crippen LogP contribution in [0.5, 0.6) is 0 Å². The Morgan fingerprint density at radius 1 is 1.27 bits per heavy atom. The van der Waals surface area contributed by atoms with E-state index in [1.165, 1.54) is 34.4 Å². The molecule has 0 bridgehead atoms. The molecular formula is C17H18N4O4S. The summed E-state index contributed by atoms with van der Waals surface area (Å²) in [6.45, 7) is 4.05. The van der Waals surface area contributed by atoms with Gasteiger partial charge in [-0.25, -0.2) is 0 Å². The zero-order chi connectivity index (χ0) is 18.8. The Labute approximate surface area is 154 Å². The van der Waals surface area contributed by atoms with E-state index in [1.54, 1.807) is 7.11 Å². The van der Waals surface area contributed by atoms with E-state index in [-0.39, 0.29) is 29.0 Å². The maximum atomic E-state index is 12.6. The van der Waals surface area contributed by atoms with E-state index in [1.807, 2.05) is 13.8 Å². The van der Waals surface area contributed by atoms with Gasteiger partial charge in [-0.15, -0.1) is 10.2 Å². The molecule has 0 saturated heterocycles. The van der Waals surface area contributed by atoms with Crippen molar-refractivity contribution in [2.75, 3.05) is 12.4 Å². The second kappa shape index (κ2) is 7.30. The zero-order valence-electron chi connectivity index (χ0n) is 14.6. The van der Waals surface area contributed by atoms with Crippen LogP contribution in [0, 0.1) is 0 Å². The zero-order valence-corrected chi connectivity index (χ0v) is 15.4. The van der Waals surface area contributed by atoms with Crippen LogP contribution in [0.3, 0.4) is 0 Å². The Morgan fingerprint density at radius 3 is 2.69 bits per heavy atom. The molecule has 0 saturated carbocycles. The number of carbonyl (C=O) groups is 3. The number of aromatic nitrogens is 2. The molecule has 1 aliphatic rings. The fraction of sp³-hybridized carbons (Fsp3) is 0.353. The van der Waals surface area contributed by atoms with Crippen LogP contribution in [0.25, 0.3) is 0 Å². The smallest absolute Gasteiger partial charge is 0.261 e.